The van der Waals surface area contributed by atoms with Gasteiger partial charge in [0.15, 0.2) is 10.8 Å². The second-order valence-electron chi connectivity index (χ2n) is 5.86. The Bertz CT molecular complexity index is 869. The Balaban J connectivity index is 1.68. The van der Waals surface area contributed by atoms with Crippen LogP contribution in [0.15, 0.2) is 41.6 Å². The lowest BCUT2D eigenvalue weighted by Crippen LogP contribution is -2.34. The van der Waals surface area contributed by atoms with Gasteiger partial charge < -0.3 is 4.90 Å². The Hall–Kier alpha value is -2.08. The summed E-state index contributed by atoms with van der Waals surface area (Å²) in [5, 5.41) is 10.3. The van der Waals surface area contributed by atoms with E-state index < -0.39 is 0 Å². The molecule has 1 fully saturated rings. The van der Waals surface area contributed by atoms with Gasteiger partial charge in [-0.1, -0.05) is 30.0 Å². The molecule has 1 amide bonds. The number of nitrogens with zero attached hydrogens (tertiary/aromatic N) is 4. The zero-order chi connectivity index (χ0) is 15.8. The van der Waals surface area contributed by atoms with Crippen LogP contribution in [0.25, 0.3) is 16.6 Å². The molecule has 0 spiro atoms. The first kappa shape index (κ1) is 14.5. The Kier molecular flexibility index (Phi) is 3.69. The van der Waals surface area contributed by atoms with Crippen molar-refractivity contribution in [1.29, 1.82) is 0 Å². The monoisotopic (exact) mass is 326 g/mol. The lowest BCUT2D eigenvalue weighted by atomic mass is 10.2. The number of pyridine rings is 1. The van der Waals surface area contributed by atoms with Gasteiger partial charge in [-0.25, -0.2) is 0 Å². The number of amides is 1. The van der Waals surface area contributed by atoms with Gasteiger partial charge in [-0.05, 0) is 43.4 Å². The van der Waals surface area contributed by atoms with Crippen LogP contribution in [0.4, 0.5) is 0 Å². The fourth-order valence-corrected chi connectivity index (χ4v) is 4.04. The van der Waals surface area contributed by atoms with Gasteiger partial charge in [-0.2, -0.15) is 0 Å². The molecule has 3 aromatic rings. The molecule has 23 heavy (non-hydrogen) atoms. The smallest absolute Gasteiger partial charge is 0.235 e. The highest BCUT2D eigenvalue weighted by molar-refractivity contribution is 8.00. The zero-order valence-corrected chi connectivity index (χ0v) is 13.8. The second kappa shape index (κ2) is 5.85. The summed E-state index contributed by atoms with van der Waals surface area (Å²) in [6.07, 6.45) is 2.23. The fourth-order valence-electron chi connectivity index (χ4n) is 3.09. The minimum Gasteiger partial charge on any atom is -0.342 e. The van der Waals surface area contributed by atoms with Crippen LogP contribution in [-0.4, -0.2) is 43.7 Å². The van der Waals surface area contributed by atoms with E-state index in [0.29, 0.717) is 0 Å². The van der Waals surface area contributed by atoms with Gasteiger partial charge in [0.1, 0.15) is 0 Å². The number of aromatic nitrogens is 3. The van der Waals surface area contributed by atoms with Crippen LogP contribution in [0.2, 0.25) is 0 Å². The van der Waals surface area contributed by atoms with Crippen LogP contribution in [-0.2, 0) is 4.79 Å². The highest BCUT2D eigenvalue weighted by atomic mass is 32.2. The zero-order valence-electron chi connectivity index (χ0n) is 13.0. The number of likely N-dealkylation sites (tertiary alicyclic amines) is 1. The molecular weight excluding hydrogens is 308 g/mol. The highest BCUT2D eigenvalue weighted by Crippen LogP contribution is 2.27. The summed E-state index contributed by atoms with van der Waals surface area (Å²) >= 11 is 1.49. The van der Waals surface area contributed by atoms with Crippen molar-refractivity contribution in [3.63, 3.8) is 0 Å². The van der Waals surface area contributed by atoms with E-state index >= 15 is 0 Å². The molecule has 1 aliphatic rings. The van der Waals surface area contributed by atoms with Crippen LogP contribution in [0.5, 0.6) is 0 Å². The lowest BCUT2D eigenvalue weighted by Gasteiger charge is -2.19. The van der Waals surface area contributed by atoms with Crippen LogP contribution < -0.4 is 0 Å². The molecule has 1 aliphatic heterocycles. The van der Waals surface area contributed by atoms with Gasteiger partial charge in [-0.15, -0.1) is 10.2 Å². The van der Waals surface area contributed by atoms with E-state index in [1.165, 1.54) is 11.8 Å². The highest BCUT2D eigenvalue weighted by Gasteiger charge is 2.25. The number of hydrogen-bond donors (Lipinski definition) is 0. The van der Waals surface area contributed by atoms with Crippen LogP contribution in [0, 0.1) is 0 Å². The van der Waals surface area contributed by atoms with E-state index in [1.54, 1.807) is 0 Å². The van der Waals surface area contributed by atoms with E-state index in [-0.39, 0.29) is 11.2 Å². The maximum absolute atomic E-state index is 12.5. The molecule has 0 N–H and O–H groups in total. The predicted octanol–water partition coefficient (Wildman–Crippen LogP) is 2.99. The first-order valence-electron chi connectivity index (χ1n) is 7.92. The minimum absolute atomic E-state index is 0.153. The number of hydrogen-bond acceptors (Lipinski definition) is 4. The summed E-state index contributed by atoms with van der Waals surface area (Å²) in [5.74, 6) is 0.199. The third-order valence-electron chi connectivity index (χ3n) is 4.30. The summed E-state index contributed by atoms with van der Waals surface area (Å²) in [5.41, 5.74) is 1.88. The molecule has 1 aromatic carbocycles. The molecule has 0 bridgehead atoms. The van der Waals surface area contributed by atoms with Crippen molar-refractivity contribution in [3.8, 4) is 0 Å². The molecule has 118 valence electrons. The first-order valence-corrected chi connectivity index (χ1v) is 8.80. The summed E-state index contributed by atoms with van der Waals surface area (Å²) in [7, 11) is 0. The molecule has 5 nitrogen and oxygen atoms in total. The molecule has 0 aliphatic carbocycles. The van der Waals surface area contributed by atoms with Crippen molar-refractivity contribution in [2.75, 3.05) is 13.1 Å². The summed E-state index contributed by atoms with van der Waals surface area (Å²) in [6, 6.07) is 12.2. The van der Waals surface area contributed by atoms with Crippen molar-refractivity contribution in [1.82, 2.24) is 19.5 Å². The standard InChI is InChI=1S/C17H18N4OS/c1-12(16(22)20-10-4-5-11-20)23-17-19-18-15-9-8-13-6-2-3-7-14(13)21(15)17/h2-3,6-9,12H,4-5,10-11H2,1H3. The largest absolute Gasteiger partial charge is 0.342 e. The number of thioether (sulfide) groups is 1. The van der Waals surface area contributed by atoms with Crippen molar-refractivity contribution in [3.05, 3.63) is 36.4 Å². The summed E-state index contributed by atoms with van der Waals surface area (Å²) in [4.78, 5) is 14.5. The van der Waals surface area contributed by atoms with Gasteiger partial charge in [-0.3, -0.25) is 9.20 Å². The van der Waals surface area contributed by atoms with Crippen molar-refractivity contribution in [2.24, 2.45) is 0 Å². The van der Waals surface area contributed by atoms with E-state index in [4.69, 9.17) is 0 Å². The van der Waals surface area contributed by atoms with E-state index in [0.717, 1.165) is 47.6 Å². The quantitative estimate of drug-likeness (QED) is 0.694. The molecule has 4 rings (SSSR count). The number of benzene rings is 1. The van der Waals surface area contributed by atoms with Crippen LogP contribution >= 0.6 is 11.8 Å². The normalized spacial score (nSPS) is 16.3. The van der Waals surface area contributed by atoms with Gasteiger partial charge in [0.2, 0.25) is 5.91 Å². The van der Waals surface area contributed by atoms with Gasteiger partial charge in [0, 0.05) is 13.1 Å². The van der Waals surface area contributed by atoms with E-state index in [2.05, 4.69) is 22.3 Å². The van der Waals surface area contributed by atoms with Gasteiger partial charge in [0.05, 0.1) is 10.8 Å². The SMILES string of the molecule is CC(Sc1nnc2ccc3ccccc3n12)C(=O)N1CCCC1. The molecule has 1 saturated heterocycles. The number of carbonyl (C=O) groups excluding carboxylic acids is 1. The predicted molar refractivity (Wildman–Crippen MR) is 91.6 cm³/mol. The molecule has 3 heterocycles. The molecule has 0 radical (unpaired) electrons. The number of para-hydroxylation sites is 1. The van der Waals surface area contributed by atoms with Crippen LogP contribution in [0.1, 0.15) is 19.8 Å². The molecule has 1 unspecified atom stereocenters. The average Bonchev–Trinajstić information content (AvgIpc) is 3.24. The number of carbonyl (C=O) groups is 1. The van der Waals surface area contributed by atoms with Gasteiger partial charge in [0.25, 0.3) is 0 Å². The van der Waals surface area contributed by atoms with Crippen molar-refractivity contribution < 1.29 is 4.79 Å². The molecular formula is C17H18N4OS. The summed E-state index contributed by atoms with van der Waals surface area (Å²) in [6.45, 7) is 3.72. The Morgan fingerprint density at radius 2 is 1.91 bits per heavy atom. The van der Waals surface area contributed by atoms with Gasteiger partial charge >= 0.3 is 0 Å². The van der Waals surface area contributed by atoms with E-state index in [9.17, 15) is 4.79 Å². The maximum Gasteiger partial charge on any atom is 0.235 e. The topological polar surface area (TPSA) is 50.5 Å². The van der Waals surface area contributed by atoms with E-state index in [1.807, 2.05) is 40.5 Å². The van der Waals surface area contributed by atoms with Crippen molar-refractivity contribution in [2.45, 2.75) is 30.2 Å². The molecule has 6 heteroatoms. The minimum atomic E-state index is -0.153. The first-order chi connectivity index (χ1) is 11.2. The maximum atomic E-state index is 12.5. The second-order valence-corrected chi connectivity index (χ2v) is 7.17. The van der Waals surface area contributed by atoms with Crippen LogP contribution in [0.3, 0.4) is 0 Å². The average molecular weight is 326 g/mol. The Morgan fingerprint density at radius 3 is 2.74 bits per heavy atom. The molecule has 0 saturated carbocycles. The lowest BCUT2D eigenvalue weighted by molar-refractivity contribution is -0.129. The Morgan fingerprint density at radius 1 is 1.13 bits per heavy atom. The third-order valence-corrected chi connectivity index (χ3v) is 5.33. The number of fused-ring (bicyclic) bond motifs is 3. The fraction of sp³-hybridized carbons (Fsp3) is 0.353. The molecule has 2 aromatic heterocycles. The Labute approximate surface area is 138 Å². The summed E-state index contributed by atoms with van der Waals surface area (Å²) < 4.78 is 2.04. The van der Waals surface area contributed by atoms with Crippen molar-refractivity contribution >= 4 is 34.2 Å². The number of rotatable bonds is 3. The third kappa shape index (κ3) is 2.57. The molecule has 1 atom stereocenters.